The van der Waals surface area contributed by atoms with Gasteiger partial charge in [-0.3, -0.25) is 9.10 Å². The van der Waals surface area contributed by atoms with Crippen molar-refractivity contribution in [3.63, 3.8) is 0 Å². The Kier molecular flexibility index (Phi) is 6.52. The molecule has 1 aliphatic rings. The highest BCUT2D eigenvalue weighted by Gasteiger charge is 2.38. The van der Waals surface area contributed by atoms with Gasteiger partial charge in [-0.2, -0.15) is 0 Å². The van der Waals surface area contributed by atoms with Gasteiger partial charge in [-0.25, -0.2) is 8.42 Å². The van der Waals surface area contributed by atoms with Crippen molar-refractivity contribution < 1.29 is 22.7 Å². The van der Waals surface area contributed by atoms with E-state index in [2.05, 4.69) is 5.32 Å². The van der Waals surface area contributed by atoms with Crippen molar-refractivity contribution >= 4 is 21.6 Å². The molecule has 34 heavy (non-hydrogen) atoms. The fourth-order valence-electron chi connectivity index (χ4n) is 3.97. The van der Waals surface area contributed by atoms with E-state index in [0.29, 0.717) is 17.2 Å². The van der Waals surface area contributed by atoms with E-state index in [-0.39, 0.29) is 17.5 Å². The number of carbonyl (C=O) groups excluding carboxylic acids is 1. The molecule has 1 heterocycles. The number of carbonyl (C=O) groups is 1. The number of rotatable bonds is 6. The highest BCUT2D eigenvalue weighted by molar-refractivity contribution is 7.92. The summed E-state index contributed by atoms with van der Waals surface area (Å²) in [6.07, 6.45) is -1.02. The van der Waals surface area contributed by atoms with Crippen molar-refractivity contribution in [1.29, 1.82) is 0 Å². The van der Waals surface area contributed by atoms with Crippen LogP contribution in [0, 0.1) is 13.8 Å². The van der Waals surface area contributed by atoms with Crippen molar-refractivity contribution in [2.45, 2.75) is 37.8 Å². The van der Waals surface area contributed by atoms with Crippen LogP contribution in [-0.4, -0.2) is 34.1 Å². The van der Waals surface area contributed by atoms with E-state index < -0.39 is 22.0 Å². The van der Waals surface area contributed by atoms with Gasteiger partial charge >= 0.3 is 0 Å². The third kappa shape index (κ3) is 4.59. The minimum Gasteiger partial charge on any atom is -0.496 e. The van der Waals surface area contributed by atoms with Gasteiger partial charge in [-0.15, -0.1) is 0 Å². The maximum absolute atomic E-state index is 13.6. The summed E-state index contributed by atoms with van der Waals surface area (Å²) in [5.41, 5.74) is 3.08. The summed E-state index contributed by atoms with van der Waals surface area (Å²) in [5, 5.41) is 2.94. The minimum absolute atomic E-state index is 0.142. The Morgan fingerprint density at radius 1 is 1.06 bits per heavy atom. The number of nitrogens with one attached hydrogen (secondary N) is 1. The Morgan fingerprint density at radius 2 is 1.74 bits per heavy atom. The predicted molar refractivity (Wildman–Crippen MR) is 131 cm³/mol. The topological polar surface area (TPSA) is 84.9 Å². The lowest BCUT2D eigenvalue weighted by atomic mass is 10.1. The van der Waals surface area contributed by atoms with Crippen LogP contribution >= 0.6 is 0 Å². The van der Waals surface area contributed by atoms with Gasteiger partial charge in [0.1, 0.15) is 11.5 Å². The Balaban J connectivity index is 1.65. The lowest BCUT2D eigenvalue weighted by molar-refractivity contribution is -0.128. The summed E-state index contributed by atoms with van der Waals surface area (Å²) in [4.78, 5) is 13.4. The molecular weight excluding hydrogens is 452 g/mol. The molecule has 1 N–H and O–H groups in total. The van der Waals surface area contributed by atoms with Gasteiger partial charge in [0.2, 0.25) is 0 Å². The predicted octanol–water partition coefficient (Wildman–Crippen LogP) is 4.15. The fourth-order valence-corrected chi connectivity index (χ4v) is 5.44. The van der Waals surface area contributed by atoms with Crippen LogP contribution in [-0.2, 0) is 14.8 Å². The number of benzene rings is 3. The largest absolute Gasteiger partial charge is 0.496 e. The van der Waals surface area contributed by atoms with Gasteiger partial charge in [0.15, 0.2) is 6.10 Å². The summed E-state index contributed by atoms with van der Waals surface area (Å²) in [6, 6.07) is 19.0. The van der Waals surface area contributed by atoms with Gasteiger partial charge in [-0.05, 0) is 56.7 Å². The Hall–Kier alpha value is -3.52. The summed E-state index contributed by atoms with van der Waals surface area (Å²) in [6.45, 7) is 5.48. The normalized spacial score (nSPS) is 16.2. The van der Waals surface area contributed by atoms with Crippen molar-refractivity contribution in [2.24, 2.45) is 0 Å². The van der Waals surface area contributed by atoms with E-state index in [0.717, 1.165) is 16.7 Å². The third-order valence-corrected chi connectivity index (χ3v) is 7.64. The molecule has 0 aromatic heterocycles. The van der Waals surface area contributed by atoms with Crippen molar-refractivity contribution in [1.82, 2.24) is 5.32 Å². The van der Waals surface area contributed by atoms with Crippen molar-refractivity contribution in [3.05, 3.63) is 83.4 Å². The van der Waals surface area contributed by atoms with E-state index in [1.165, 1.54) is 4.31 Å². The number of aryl methyl sites for hydroxylation is 2. The number of hydrogen-bond acceptors (Lipinski definition) is 5. The van der Waals surface area contributed by atoms with Crippen LogP contribution < -0.4 is 19.1 Å². The SMILES string of the molecule is COc1ccccc1[C@H](C)NC(=O)[C@@H]1CN(S(=O)(=O)c2ccc(C)cc2)c2cc(C)ccc2O1. The lowest BCUT2D eigenvalue weighted by Gasteiger charge is -2.35. The average Bonchev–Trinajstić information content (AvgIpc) is 2.83. The van der Waals surface area contributed by atoms with Crippen LogP contribution in [0.25, 0.3) is 0 Å². The molecule has 178 valence electrons. The minimum atomic E-state index is -3.91. The molecule has 7 nitrogen and oxygen atoms in total. The fraction of sp³-hybridized carbons (Fsp3) is 0.269. The second-order valence-electron chi connectivity index (χ2n) is 8.40. The first-order valence-electron chi connectivity index (χ1n) is 11.0. The van der Waals surface area contributed by atoms with Crippen LogP contribution in [0.5, 0.6) is 11.5 Å². The Bertz CT molecular complexity index is 1310. The zero-order valence-corrected chi connectivity index (χ0v) is 20.4. The highest BCUT2D eigenvalue weighted by Crippen LogP contribution is 2.38. The quantitative estimate of drug-likeness (QED) is 0.573. The maximum Gasteiger partial charge on any atom is 0.264 e. The zero-order chi connectivity index (χ0) is 24.5. The molecule has 1 aliphatic heterocycles. The maximum atomic E-state index is 13.6. The molecule has 4 rings (SSSR count). The molecular formula is C26H28N2O5S. The van der Waals surface area contributed by atoms with Crippen molar-refractivity contribution in [3.8, 4) is 11.5 Å². The van der Waals surface area contributed by atoms with Crippen LogP contribution in [0.4, 0.5) is 5.69 Å². The van der Waals surface area contributed by atoms with Gasteiger partial charge in [0.05, 0.1) is 30.3 Å². The van der Waals surface area contributed by atoms with E-state index in [4.69, 9.17) is 9.47 Å². The van der Waals surface area contributed by atoms with Crippen molar-refractivity contribution in [2.75, 3.05) is 18.0 Å². The number of para-hydroxylation sites is 1. The van der Waals surface area contributed by atoms with Gasteiger partial charge in [0.25, 0.3) is 15.9 Å². The number of fused-ring (bicyclic) bond motifs is 1. The Labute approximate surface area is 200 Å². The molecule has 3 aromatic carbocycles. The number of nitrogens with zero attached hydrogens (tertiary/aromatic N) is 1. The first-order chi connectivity index (χ1) is 16.2. The number of methoxy groups -OCH3 is 1. The molecule has 0 bridgehead atoms. The summed E-state index contributed by atoms with van der Waals surface area (Å²) in [7, 11) is -2.34. The van der Waals surface area contributed by atoms with E-state index in [1.807, 2.05) is 51.1 Å². The second-order valence-corrected chi connectivity index (χ2v) is 10.3. The Morgan fingerprint density at radius 3 is 2.44 bits per heavy atom. The number of amides is 1. The summed E-state index contributed by atoms with van der Waals surface area (Å²) >= 11 is 0. The highest BCUT2D eigenvalue weighted by atomic mass is 32.2. The average molecular weight is 481 g/mol. The molecule has 3 aromatic rings. The third-order valence-electron chi connectivity index (χ3n) is 5.85. The van der Waals surface area contributed by atoms with Gasteiger partial charge < -0.3 is 14.8 Å². The first-order valence-corrected chi connectivity index (χ1v) is 12.4. The molecule has 8 heteroatoms. The zero-order valence-electron chi connectivity index (χ0n) is 19.6. The number of anilines is 1. The van der Waals surface area contributed by atoms with Crippen LogP contribution in [0.1, 0.15) is 29.7 Å². The van der Waals surface area contributed by atoms with Crippen LogP contribution in [0.2, 0.25) is 0 Å². The molecule has 0 spiro atoms. The first kappa shape index (κ1) is 23.6. The lowest BCUT2D eigenvalue weighted by Crippen LogP contribution is -2.51. The monoisotopic (exact) mass is 480 g/mol. The smallest absolute Gasteiger partial charge is 0.264 e. The molecule has 0 radical (unpaired) electrons. The van der Waals surface area contributed by atoms with Crippen LogP contribution in [0.3, 0.4) is 0 Å². The van der Waals surface area contributed by atoms with E-state index >= 15 is 0 Å². The second kappa shape index (κ2) is 9.38. The molecule has 0 unspecified atom stereocenters. The summed E-state index contributed by atoms with van der Waals surface area (Å²) < 4.78 is 39.8. The van der Waals surface area contributed by atoms with Gasteiger partial charge in [-0.1, -0.05) is 42.0 Å². The molecule has 1 amide bonds. The molecule has 0 saturated carbocycles. The van der Waals surface area contributed by atoms with E-state index in [9.17, 15) is 13.2 Å². The standard InChI is InChI=1S/C26H28N2O5S/c1-17-9-12-20(13-10-17)34(30,31)28-16-25(33-24-14-11-18(2)15-22(24)28)26(29)27-19(3)21-7-5-6-8-23(21)32-4/h5-15,19,25H,16H2,1-4H3,(H,27,29)/t19-,25-/m0/s1. The molecule has 0 saturated heterocycles. The molecule has 0 fully saturated rings. The summed E-state index contributed by atoms with van der Waals surface area (Å²) in [5.74, 6) is 0.593. The number of ether oxygens (including phenoxy) is 2. The number of sulfonamides is 1. The molecule has 2 atom stereocenters. The molecule has 0 aliphatic carbocycles. The number of hydrogen-bond donors (Lipinski definition) is 1. The van der Waals surface area contributed by atoms with Crippen LogP contribution in [0.15, 0.2) is 71.6 Å². The van der Waals surface area contributed by atoms with E-state index in [1.54, 1.807) is 43.5 Å². The van der Waals surface area contributed by atoms with Gasteiger partial charge in [0, 0.05) is 5.56 Å².